The molecule has 12 nitrogen and oxygen atoms in total. The lowest BCUT2D eigenvalue weighted by Crippen LogP contribution is -2.04. The highest BCUT2D eigenvalue weighted by molar-refractivity contribution is 5.61. The molecule has 0 saturated carbocycles. The van der Waals surface area contributed by atoms with Crippen molar-refractivity contribution in [3.05, 3.63) is 48.5 Å². The van der Waals surface area contributed by atoms with Crippen molar-refractivity contribution < 1.29 is 0 Å². The Morgan fingerprint density at radius 3 is 1.03 bits per heavy atom. The van der Waals surface area contributed by atoms with Crippen molar-refractivity contribution in [2.24, 2.45) is 10.2 Å². The average molecular weight is 400 g/mol. The Balaban J connectivity index is 1.49. The highest BCUT2D eigenvalue weighted by atomic mass is 15.1. The van der Waals surface area contributed by atoms with Crippen molar-refractivity contribution in [2.45, 2.75) is 0 Å². The number of hydrogen-bond acceptors (Lipinski definition) is 12. The Kier molecular flexibility index (Phi) is 4.78. The molecule has 0 radical (unpaired) electrons. The van der Waals surface area contributed by atoms with Crippen LogP contribution in [0, 0.1) is 0 Å². The van der Waals surface area contributed by atoms with Gasteiger partial charge in [-0.25, -0.2) is 0 Å². The van der Waals surface area contributed by atoms with Gasteiger partial charge in [0.15, 0.2) is 11.6 Å². The third-order valence-corrected chi connectivity index (χ3v) is 3.87. The SMILES string of the molecule is Nc1nc(N)nc(-c2ccc(N=Nc3ccc(-c4nc(N)nc(N)n4)cc3)cc2)n1. The van der Waals surface area contributed by atoms with E-state index in [1.165, 1.54) is 0 Å². The normalized spacial score (nSPS) is 11.1. The first-order valence-corrected chi connectivity index (χ1v) is 8.63. The highest BCUT2D eigenvalue weighted by Crippen LogP contribution is 2.24. The first kappa shape index (κ1) is 18.6. The summed E-state index contributed by atoms with van der Waals surface area (Å²) in [5.74, 6) is 1.02. The number of aromatic nitrogens is 6. The topological polar surface area (TPSA) is 206 Å². The van der Waals surface area contributed by atoms with Crippen LogP contribution in [0.5, 0.6) is 0 Å². The van der Waals surface area contributed by atoms with Crippen LogP contribution in [-0.4, -0.2) is 29.9 Å². The van der Waals surface area contributed by atoms with Gasteiger partial charge in [-0.3, -0.25) is 0 Å². The molecule has 0 aliphatic heterocycles. The van der Waals surface area contributed by atoms with E-state index in [2.05, 4.69) is 40.1 Å². The quantitative estimate of drug-likeness (QED) is 0.367. The first-order valence-electron chi connectivity index (χ1n) is 8.63. The van der Waals surface area contributed by atoms with E-state index in [0.717, 1.165) is 11.1 Å². The van der Waals surface area contributed by atoms with Crippen molar-refractivity contribution in [3.63, 3.8) is 0 Å². The van der Waals surface area contributed by atoms with Gasteiger partial charge in [-0.1, -0.05) is 0 Å². The van der Waals surface area contributed by atoms with Gasteiger partial charge in [0.25, 0.3) is 0 Å². The monoisotopic (exact) mass is 400 g/mol. The van der Waals surface area contributed by atoms with Crippen LogP contribution in [0.1, 0.15) is 0 Å². The Labute approximate surface area is 170 Å². The van der Waals surface area contributed by atoms with Gasteiger partial charge < -0.3 is 22.9 Å². The largest absolute Gasteiger partial charge is 0.368 e. The predicted molar refractivity (Wildman–Crippen MR) is 112 cm³/mol. The number of nitrogen functional groups attached to an aromatic ring is 4. The molecule has 0 aliphatic carbocycles. The lowest BCUT2D eigenvalue weighted by Gasteiger charge is -2.03. The molecule has 0 spiro atoms. The zero-order valence-corrected chi connectivity index (χ0v) is 15.5. The Bertz CT molecular complexity index is 1080. The molecule has 8 N–H and O–H groups in total. The van der Waals surface area contributed by atoms with E-state index in [4.69, 9.17) is 22.9 Å². The maximum Gasteiger partial charge on any atom is 0.225 e. The van der Waals surface area contributed by atoms with Gasteiger partial charge in [-0.15, -0.1) is 0 Å². The summed E-state index contributed by atoms with van der Waals surface area (Å²) in [5.41, 5.74) is 25.2. The number of anilines is 4. The Morgan fingerprint density at radius 1 is 0.433 bits per heavy atom. The number of nitrogens with zero attached hydrogens (tertiary/aromatic N) is 8. The molecular weight excluding hydrogens is 384 g/mol. The number of rotatable bonds is 4. The number of benzene rings is 2. The van der Waals surface area contributed by atoms with Crippen LogP contribution in [0.15, 0.2) is 58.8 Å². The molecule has 0 amide bonds. The van der Waals surface area contributed by atoms with Crippen LogP contribution in [0.2, 0.25) is 0 Å². The summed E-state index contributed by atoms with van der Waals surface area (Å²) in [6, 6.07) is 14.3. The molecule has 4 aromatic rings. The van der Waals surface area contributed by atoms with Crippen molar-refractivity contribution >= 4 is 35.2 Å². The molecule has 12 heteroatoms. The van der Waals surface area contributed by atoms with Crippen molar-refractivity contribution in [1.29, 1.82) is 0 Å². The lowest BCUT2D eigenvalue weighted by atomic mass is 10.2. The van der Waals surface area contributed by atoms with Gasteiger partial charge in [0.1, 0.15) is 0 Å². The third kappa shape index (κ3) is 4.22. The fraction of sp³-hybridized carbons (Fsp3) is 0. The molecule has 0 saturated heterocycles. The second-order valence-corrected chi connectivity index (χ2v) is 6.04. The third-order valence-electron chi connectivity index (χ3n) is 3.87. The first-order chi connectivity index (χ1) is 14.5. The Hall–Kier alpha value is -4.74. The van der Waals surface area contributed by atoms with Gasteiger partial charge in [-0.05, 0) is 48.5 Å². The van der Waals surface area contributed by atoms with Crippen LogP contribution in [0.25, 0.3) is 22.8 Å². The summed E-state index contributed by atoms with van der Waals surface area (Å²) in [6.07, 6.45) is 0. The number of hydrogen-bond donors (Lipinski definition) is 4. The van der Waals surface area contributed by atoms with Crippen molar-refractivity contribution in [3.8, 4) is 22.8 Å². The molecule has 2 aromatic heterocycles. The molecular formula is C18H16N12. The molecule has 2 aromatic carbocycles. The van der Waals surface area contributed by atoms with Crippen LogP contribution < -0.4 is 22.9 Å². The van der Waals surface area contributed by atoms with Crippen molar-refractivity contribution in [2.75, 3.05) is 22.9 Å². The van der Waals surface area contributed by atoms with Crippen LogP contribution in [0.3, 0.4) is 0 Å². The van der Waals surface area contributed by atoms with Gasteiger partial charge in [0.2, 0.25) is 23.8 Å². The Morgan fingerprint density at radius 2 is 0.733 bits per heavy atom. The van der Waals surface area contributed by atoms with E-state index in [9.17, 15) is 0 Å². The summed E-state index contributed by atoms with van der Waals surface area (Å²) in [5, 5.41) is 8.44. The van der Waals surface area contributed by atoms with E-state index < -0.39 is 0 Å². The predicted octanol–water partition coefficient (Wildman–Crippen LogP) is 2.13. The maximum atomic E-state index is 5.60. The lowest BCUT2D eigenvalue weighted by molar-refractivity contribution is 1.08. The van der Waals surface area contributed by atoms with Crippen LogP contribution in [-0.2, 0) is 0 Å². The van der Waals surface area contributed by atoms with Crippen LogP contribution >= 0.6 is 0 Å². The summed E-state index contributed by atoms with van der Waals surface area (Å²) in [4.78, 5) is 23.8. The van der Waals surface area contributed by atoms with E-state index in [-0.39, 0.29) is 23.8 Å². The summed E-state index contributed by atoms with van der Waals surface area (Å²) >= 11 is 0. The minimum atomic E-state index is 0.0623. The molecule has 0 unspecified atom stereocenters. The van der Waals surface area contributed by atoms with Gasteiger partial charge in [0, 0.05) is 11.1 Å². The molecule has 2 heterocycles. The zero-order valence-electron chi connectivity index (χ0n) is 15.5. The fourth-order valence-electron chi connectivity index (χ4n) is 2.55. The molecule has 0 atom stereocenters. The average Bonchev–Trinajstić information content (AvgIpc) is 2.71. The van der Waals surface area contributed by atoms with Gasteiger partial charge in [0.05, 0.1) is 11.4 Å². The zero-order chi connectivity index (χ0) is 21.1. The summed E-state index contributed by atoms with van der Waals surface area (Å²) in [6.45, 7) is 0. The molecule has 0 aliphatic rings. The standard InChI is InChI=1S/C18H16N12/c19-15-23-13(24-16(20)27-15)9-1-5-11(6-2-9)29-30-12-7-3-10(4-8-12)14-25-17(21)28-18(22)26-14/h1-8H,(H4,19,20,23,24,27)(H4,21,22,25,26,28). The summed E-state index contributed by atoms with van der Waals surface area (Å²) < 4.78 is 0. The number of azo groups is 1. The molecule has 148 valence electrons. The maximum absolute atomic E-state index is 5.60. The molecule has 4 rings (SSSR count). The smallest absolute Gasteiger partial charge is 0.225 e. The molecule has 0 fully saturated rings. The van der Waals surface area contributed by atoms with E-state index >= 15 is 0 Å². The second kappa shape index (κ2) is 7.71. The minimum absolute atomic E-state index is 0.0623. The van der Waals surface area contributed by atoms with Gasteiger partial charge >= 0.3 is 0 Å². The minimum Gasteiger partial charge on any atom is -0.368 e. The molecule has 30 heavy (non-hydrogen) atoms. The number of nitrogens with two attached hydrogens (primary N) is 4. The van der Waals surface area contributed by atoms with Gasteiger partial charge in [-0.2, -0.15) is 40.1 Å². The summed E-state index contributed by atoms with van der Waals surface area (Å²) in [7, 11) is 0. The van der Waals surface area contributed by atoms with E-state index in [1.54, 1.807) is 48.5 Å². The second-order valence-electron chi connectivity index (χ2n) is 6.04. The fourth-order valence-corrected chi connectivity index (χ4v) is 2.55. The van der Waals surface area contributed by atoms with E-state index in [1.807, 2.05) is 0 Å². The van der Waals surface area contributed by atoms with Crippen LogP contribution in [0.4, 0.5) is 35.2 Å². The highest BCUT2D eigenvalue weighted by Gasteiger charge is 2.06. The van der Waals surface area contributed by atoms with Crippen molar-refractivity contribution in [1.82, 2.24) is 29.9 Å². The van der Waals surface area contributed by atoms with E-state index in [0.29, 0.717) is 23.0 Å². The molecule has 0 bridgehead atoms.